The van der Waals surface area contributed by atoms with Gasteiger partial charge in [-0.25, -0.2) is 4.39 Å². The Bertz CT molecular complexity index is 937. The van der Waals surface area contributed by atoms with Crippen LogP contribution in [-0.4, -0.2) is 47.5 Å². The number of esters is 1. The molecule has 29 heavy (non-hydrogen) atoms. The molecule has 150 valence electrons. The maximum atomic E-state index is 13.0. The fourth-order valence-electron chi connectivity index (χ4n) is 2.95. The summed E-state index contributed by atoms with van der Waals surface area (Å²) in [6, 6.07) is 13.0. The molecule has 3 rings (SSSR count). The lowest BCUT2D eigenvalue weighted by Crippen LogP contribution is -2.41. The molecule has 1 unspecified atom stereocenters. The molecule has 0 bridgehead atoms. The fourth-order valence-corrected chi connectivity index (χ4v) is 3.34. The Morgan fingerprint density at radius 2 is 1.79 bits per heavy atom. The summed E-state index contributed by atoms with van der Waals surface area (Å²) in [6.45, 7) is -0.265. The molecule has 7 nitrogen and oxygen atoms in total. The van der Waals surface area contributed by atoms with Gasteiger partial charge in [-0.05, 0) is 48.6 Å². The highest BCUT2D eigenvalue weighted by atomic mass is 32.1. The van der Waals surface area contributed by atoms with Crippen molar-refractivity contribution in [3.8, 4) is 0 Å². The smallest absolute Gasteiger partial charge is 0.325 e. The zero-order valence-corrected chi connectivity index (χ0v) is 16.3. The molecule has 1 saturated heterocycles. The molecule has 0 saturated carbocycles. The van der Waals surface area contributed by atoms with Crippen molar-refractivity contribution < 1.29 is 23.5 Å². The van der Waals surface area contributed by atoms with Crippen LogP contribution in [-0.2, 0) is 19.1 Å². The van der Waals surface area contributed by atoms with Crippen molar-refractivity contribution in [2.75, 3.05) is 23.9 Å². The van der Waals surface area contributed by atoms with Gasteiger partial charge in [-0.1, -0.05) is 18.2 Å². The maximum Gasteiger partial charge on any atom is 0.325 e. The van der Waals surface area contributed by atoms with Crippen LogP contribution in [0.1, 0.15) is 6.42 Å². The van der Waals surface area contributed by atoms with E-state index in [9.17, 15) is 18.8 Å². The maximum absolute atomic E-state index is 13.0. The lowest BCUT2D eigenvalue weighted by atomic mass is 10.1. The molecule has 1 aliphatic heterocycles. The van der Waals surface area contributed by atoms with Gasteiger partial charge in [-0.2, -0.15) is 0 Å². The predicted molar refractivity (Wildman–Crippen MR) is 109 cm³/mol. The highest BCUT2D eigenvalue weighted by Gasteiger charge is 2.45. The second-order valence-corrected chi connectivity index (χ2v) is 6.64. The van der Waals surface area contributed by atoms with Crippen LogP contribution in [0.5, 0.6) is 0 Å². The number of benzene rings is 2. The molecule has 0 aliphatic carbocycles. The first-order valence-corrected chi connectivity index (χ1v) is 9.13. The summed E-state index contributed by atoms with van der Waals surface area (Å²) in [5.41, 5.74) is 0.933. The minimum absolute atomic E-state index is 0.117. The summed E-state index contributed by atoms with van der Waals surface area (Å²) in [6.07, 6.45) is -0.239. The molecule has 0 radical (unpaired) electrons. The van der Waals surface area contributed by atoms with Crippen molar-refractivity contribution in [1.29, 1.82) is 0 Å². The number of amides is 2. The third kappa shape index (κ3) is 4.57. The van der Waals surface area contributed by atoms with E-state index >= 15 is 0 Å². The number of halogens is 1. The molecule has 1 aliphatic rings. The summed E-state index contributed by atoms with van der Waals surface area (Å²) in [5.74, 6) is -1.90. The van der Waals surface area contributed by atoms with E-state index in [0.717, 1.165) is 0 Å². The quantitative estimate of drug-likeness (QED) is 0.576. The zero-order chi connectivity index (χ0) is 21.0. The average molecular weight is 415 g/mol. The van der Waals surface area contributed by atoms with Crippen LogP contribution in [0.15, 0.2) is 54.6 Å². The van der Waals surface area contributed by atoms with Crippen molar-refractivity contribution in [3.05, 3.63) is 60.4 Å². The van der Waals surface area contributed by atoms with Crippen molar-refractivity contribution in [3.63, 3.8) is 0 Å². The van der Waals surface area contributed by atoms with Crippen molar-refractivity contribution in [2.45, 2.75) is 12.5 Å². The first-order chi connectivity index (χ1) is 13.9. The van der Waals surface area contributed by atoms with Gasteiger partial charge in [-0.15, -0.1) is 0 Å². The summed E-state index contributed by atoms with van der Waals surface area (Å²) < 4.78 is 17.7. The van der Waals surface area contributed by atoms with Gasteiger partial charge >= 0.3 is 5.97 Å². The normalized spacial score (nSPS) is 16.1. The van der Waals surface area contributed by atoms with E-state index in [4.69, 9.17) is 17.0 Å². The molecule has 1 fully saturated rings. The number of nitrogens with zero attached hydrogens (tertiary/aromatic N) is 2. The van der Waals surface area contributed by atoms with E-state index in [0.29, 0.717) is 11.4 Å². The van der Waals surface area contributed by atoms with Gasteiger partial charge in [0.15, 0.2) is 5.11 Å². The third-order valence-electron chi connectivity index (χ3n) is 4.37. The number of anilines is 2. The summed E-state index contributed by atoms with van der Waals surface area (Å²) in [4.78, 5) is 40.0. The van der Waals surface area contributed by atoms with Crippen molar-refractivity contribution >= 4 is 46.5 Å². The van der Waals surface area contributed by atoms with Gasteiger partial charge in [0.1, 0.15) is 18.4 Å². The number of hydrogen-bond acceptors (Lipinski definition) is 5. The van der Waals surface area contributed by atoms with Crippen molar-refractivity contribution in [1.82, 2.24) is 4.90 Å². The molecule has 1 N–H and O–H groups in total. The first kappa shape index (κ1) is 20.4. The molecule has 2 amide bonds. The Morgan fingerprint density at radius 3 is 2.41 bits per heavy atom. The summed E-state index contributed by atoms with van der Waals surface area (Å²) in [5, 5.41) is 2.73. The topological polar surface area (TPSA) is 79.0 Å². The minimum atomic E-state index is -0.970. The largest absolute Gasteiger partial charge is 0.468 e. The lowest BCUT2D eigenvalue weighted by molar-refractivity contribution is -0.141. The number of methoxy groups -OCH3 is 1. The monoisotopic (exact) mass is 415 g/mol. The van der Waals surface area contributed by atoms with E-state index in [1.54, 1.807) is 30.3 Å². The number of hydrogen-bond donors (Lipinski definition) is 1. The highest BCUT2D eigenvalue weighted by molar-refractivity contribution is 7.80. The second-order valence-electron chi connectivity index (χ2n) is 6.27. The minimum Gasteiger partial charge on any atom is -0.468 e. The number of carbonyl (C=O) groups is 3. The summed E-state index contributed by atoms with van der Waals surface area (Å²) >= 11 is 5.41. The first-order valence-electron chi connectivity index (χ1n) is 8.72. The molecular weight excluding hydrogens is 397 g/mol. The van der Waals surface area contributed by atoms with Gasteiger partial charge in [0, 0.05) is 5.69 Å². The number of nitrogens with one attached hydrogen (secondary N) is 1. The molecule has 0 aromatic heterocycles. The molecule has 1 heterocycles. The van der Waals surface area contributed by atoms with E-state index in [-0.39, 0.29) is 18.1 Å². The lowest BCUT2D eigenvalue weighted by Gasteiger charge is -2.22. The van der Waals surface area contributed by atoms with Gasteiger partial charge in [0.25, 0.3) is 5.91 Å². The van der Waals surface area contributed by atoms with Crippen LogP contribution in [0, 0.1) is 5.82 Å². The highest BCUT2D eigenvalue weighted by Crippen LogP contribution is 2.27. The number of para-hydroxylation sites is 1. The van der Waals surface area contributed by atoms with Gasteiger partial charge in [0.05, 0.1) is 19.2 Å². The van der Waals surface area contributed by atoms with Crippen LogP contribution in [0.4, 0.5) is 15.8 Å². The Kier molecular flexibility index (Phi) is 6.18. The number of thiocarbonyl (C=S) groups is 1. The standard InChI is InChI=1S/C20H18FN3O4S/c1-28-18(26)12-23-16(11-17(25)22-14-9-7-13(21)8-10-14)19(27)24(20(23)29)15-5-3-2-4-6-15/h2-10,16H,11-12H2,1H3,(H,22,25). The number of ether oxygens (including phenoxy) is 1. The molecule has 9 heteroatoms. The fraction of sp³-hybridized carbons (Fsp3) is 0.200. The Labute approximate surface area is 172 Å². The Hall–Kier alpha value is -3.33. The molecule has 0 spiro atoms. The predicted octanol–water partition coefficient (Wildman–Crippen LogP) is 2.33. The SMILES string of the molecule is COC(=O)CN1C(=S)N(c2ccccc2)C(=O)C1CC(=O)Nc1ccc(F)cc1. The Morgan fingerprint density at radius 1 is 1.14 bits per heavy atom. The van der Waals surface area contributed by atoms with Crippen molar-refractivity contribution in [2.24, 2.45) is 0 Å². The van der Waals surface area contributed by atoms with Crippen LogP contribution < -0.4 is 10.2 Å². The van der Waals surface area contributed by atoms with Gasteiger partial charge in [-0.3, -0.25) is 19.3 Å². The van der Waals surface area contributed by atoms with E-state index in [2.05, 4.69) is 5.32 Å². The Balaban J connectivity index is 1.81. The average Bonchev–Trinajstić information content (AvgIpc) is 2.94. The van der Waals surface area contributed by atoms with Crippen LogP contribution >= 0.6 is 12.2 Å². The molecular formula is C20H18FN3O4S. The summed E-state index contributed by atoms with van der Waals surface area (Å²) in [7, 11) is 1.23. The van der Waals surface area contributed by atoms with Crippen LogP contribution in [0.3, 0.4) is 0 Å². The molecule has 2 aromatic rings. The zero-order valence-electron chi connectivity index (χ0n) is 15.5. The van der Waals surface area contributed by atoms with E-state index in [1.165, 1.54) is 41.2 Å². The van der Waals surface area contributed by atoms with E-state index in [1.807, 2.05) is 0 Å². The number of carbonyl (C=O) groups excluding carboxylic acids is 3. The van der Waals surface area contributed by atoms with E-state index < -0.39 is 29.6 Å². The van der Waals surface area contributed by atoms with Crippen LogP contribution in [0.25, 0.3) is 0 Å². The molecule has 1 atom stereocenters. The number of rotatable bonds is 6. The van der Waals surface area contributed by atoms with Gasteiger partial charge in [0.2, 0.25) is 5.91 Å². The second kappa shape index (κ2) is 8.78. The third-order valence-corrected chi connectivity index (χ3v) is 4.78. The van der Waals surface area contributed by atoms with Gasteiger partial charge < -0.3 is 15.0 Å². The molecule has 2 aromatic carbocycles. The van der Waals surface area contributed by atoms with Crippen LogP contribution in [0.2, 0.25) is 0 Å².